The Labute approximate surface area is 91.6 Å². The lowest BCUT2D eigenvalue weighted by atomic mass is 9.98. The van der Waals surface area contributed by atoms with Crippen molar-refractivity contribution in [3.8, 4) is 0 Å². The first kappa shape index (κ1) is 10.7. The van der Waals surface area contributed by atoms with Crippen LogP contribution in [0.5, 0.6) is 0 Å². The molecule has 0 heterocycles. The van der Waals surface area contributed by atoms with Gasteiger partial charge in [0, 0.05) is 7.11 Å². The summed E-state index contributed by atoms with van der Waals surface area (Å²) in [4.78, 5) is 0. The summed E-state index contributed by atoms with van der Waals surface area (Å²) in [6.07, 6.45) is 2.94. The zero-order chi connectivity index (χ0) is 10.7. The van der Waals surface area contributed by atoms with Crippen LogP contribution in [0.25, 0.3) is 0 Å². The van der Waals surface area contributed by atoms with Gasteiger partial charge in [-0.05, 0) is 31.4 Å². The first-order chi connectivity index (χ1) is 7.36. The number of hydrogen-bond donors (Lipinski definition) is 1. The number of rotatable bonds is 5. The molecule has 0 amide bonds. The number of benzene rings is 1. The first-order valence-electron chi connectivity index (χ1n) is 5.62. The van der Waals surface area contributed by atoms with Crippen LogP contribution in [0.4, 0.5) is 0 Å². The largest absolute Gasteiger partial charge is 0.379 e. The van der Waals surface area contributed by atoms with E-state index in [0.29, 0.717) is 12.1 Å². The fraction of sp³-hybridized carbons (Fsp3) is 0.538. The Bertz CT molecular complexity index is 295. The van der Waals surface area contributed by atoms with Crippen molar-refractivity contribution >= 4 is 0 Å². The molecule has 15 heavy (non-hydrogen) atoms. The predicted molar refractivity (Wildman–Crippen MR) is 61.8 cm³/mol. The molecule has 0 aliphatic heterocycles. The molecule has 2 atom stereocenters. The number of ether oxygens (including phenoxy) is 1. The summed E-state index contributed by atoms with van der Waals surface area (Å²) in [5.41, 5.74) is 1.32. The quantitative estimate of drug-likeness (QED) is 0.797. The van der Waals surface area contributed by atoms with Crippen LogP contribution in [0, 0.1) is 5.92 Å². The van der Waals surface area contributed by atoms with E-state index in [4.69, 9.17) is 4.74 Å². The van der Waals surface area contributed by atoms with Gasteiger partial charge in [-0.2, -0.15) is 0 Å². The molecule has 0 saturated heterocycles. The van der Waals surface area contributed by atoms with Crippen molar-refractivity contribution in [3.63, 3.8) is 0 Å². The Balaban J connectivity index is 2.15. The minimum absolute atomic E-state index is 0.317. The van der Waals surface area contributed by atoms with Gasteiger partial charge in [0.1, 0.15) is 0 Å². The SMILES string of the molecule is CNC(c1ccccc1)C(OC)C1CC1. The molecular weight excluding hydrogens is 186 g/mol. The smallest absolute Gasteiger partial charge is 0.0793 e. The van der Waals surface area contributed by atoms with E-state index >= 15 is 0 Å². The highest BCUT2D eigenvalue weighted by Crippen LogP contribution is 2.39. The number of methoxy groups -OCH3 is 1. The van der Waals surface area contributed by atoms with E-state index in [2.05, 4.69) is 35.6 Å². The summed E-state index contributed by atoms with van der Waals surface area (Å²) in [5.74, 6) is 0.743. The van der Waals surface area contributed by atoms with Gasteiger partial charge in [-0.15, -0.1) is 0 Å². The Morgan fingerprint density at radius 3 is 2.40 bits per heavy atom. The van der Waals surface area contributed by atoms with Crippen molar-refractivity contribution < 1.29 is 4.74 Å². The Hall–Kier alpha value is -0.860. The van der Waals surface area contributed by atoms with Crippen LogP contribution in [0.3, 0.4) is 0 Å². The second-order valence-corrected chi connectivity index (χ2v) is 4.21. The van der Waals surface area contributed by atoms with Crippen molar-refractivity contribution in [3.05, 3.63) is 35.9 Å². The van der Waals surface area contributed by atoms with Crippen LogP contribution in [-0.2, 0) is 4.74 Å². The third kappa shape index (κ3) is 2.39. The molecule has 82 valence electrons. The van der Waals surface area contributed by atoms with Gasteiger partial charge in [0.15, 0.2) is 0 Å². The fourth-order valence-electron chi connectivity index (χ4n) is 2.21. The summed E-state index contributed by atoms with van der Waals surface area (Å²) in [6, 6.07) is 10.9. The molecule has 1 fully saturated rings. The Morgan fingerprint density at radius 2 is 1.93 bits per heavy atom. The monoisotopic (exact) mass is 205 g/mol. The van der Waals surface area contributed by atoms with Crippen LogP contribution >= 0.6 is 0 Å². The van der Waals surface area contributed by atoms with Crippen LogP contribution in [0.2, 0.25) is 0 Å². The van der Waals surface area contributed by atoms with E-state index in [1.165, 1.54) is 18.4 Å². The summed E-state index contributed by atoms with van der Waals surface area (Å²) in [7, 11) is 3.82. The molecule has 0 aromatic heterocycles. The minimum Gasteiger partial charge on any atom is -0.379 e. The molecular formula is C13H19NO. The molecule has 1 aromatic carbocycles. The van der Waals surface area contributed by atoms with Gasteiger partial charge in [0.25, 0.3) is 0 Å². The number of likely N-dealkylation sites (N-methyl/N-ethyl adjacent to an activating group) is 1. The summed E-state index contributed by atoms with van der Waals surface area (Å²) in [5, 5.41) is 3.37. The van der Waals surface area contributed by atoms with Gasteiger partial charge in [0.2, 0.25) is 0 Å². The average Bonchev–Trinajstić information content (AvgIpc) is 3.11. The van der Waals surface area contributed by atoms with Gasteiger partial charge in [-0.25, -0.2) is 0 Å². The highest BCUT2D eigenvalue weighted by molar-refractivity contribution is 5.20. The van der Waals surface area contributed by atoms with Gasteiger partial charge in [0.05, 0.1) is 12.1 Å². The van der Waals surface area contributed by atoms with Crippen molar-refractivity contribution in [2.24, 2.45) is 5.92 Å². The molecule has 2 unspecified atom stereocenters. The molecule has 2 heteroatoms. The van der Waals surface area contributed by atoms with Crippen molar-refractivity contribution in [1.82, 2.24) is 5.32 Å². The second kappa shape index (κ2) is 4.77. The zero-order valence-electron chi connectivity index (χ0n) is 9.44. The lowest BCUT2D eigenvalue weighted by molar-refractivity contribution is 0.0530. The van der Waals surface area contributed by atoms with E-state index in [9.17, 15) is 0 Å². The maximum atomic E-state index is 5.62. The third-order valence-corrected chi connectivity index (χ3v) is 3.16. The molecule has 2 rings (SSSR count). The Kier molecular flexibility index (Phi) is 3.39. The lowest BCUT2D eigenvalue weighted by Gasteiger charge is -2.26. The van der Waals surface area contributed by atoms with E-state index in [0.717, 1.165) is 5.92 Å². The third-order valence-electron chi connectivity index (χ3n) is 3.16. The number of hydrogen-bond acceptors (Lipinski definition) is 2. The maximum Gasteiger partial charge on any atom is 0.0793 e. The molecule has 1 aliphatic rings. The normalized spacial score (nSPS) is 19.9. The van der Waals surface area contributed by atoms with Crippen molar-refractivity contribution in [2.45, 2.75) is 25.0 Å². The standard InChI is InChI=1S/C13H19NO/c1-14-12(10-6-4-3-5-7-10)13(15-2)11-8-9-11/h3-7,11-14H,8-9H2,1-2H3. The minimum atomic E-state index is 0.317. The van der Waals surface area contributed by atoms with E-state index in [1.807, 2.05) is 14.2 Å². The zero-order valence-corrected chi connectivity index (χ0v) is 9.44. The molecule has 1 aliphatic carbocycles. The predicted octanol–water partition coefficient (Wildman–Crippen LogP) is 2.37. The van der Waals surface area contributed by atoms with Gasteiger partial charge in [-0.1, -0.05) is 30.3 Å². The fourth-order valence-corrected chi connectivity index (χ4v) is 2.21. The highest BCUT2D eigenvalue weighted by atomic mass is 16.5. The molecule has 0 spiro atoms. The molecule has 1 N–H and O–H groups in total. The molecule has 0 radical (unpaired) electrons. The summed E-state index contributed by atoms with van der Waals surface area (Å²) < 4.78 is 5.62. The van der Waals surface area contributed by atoms with Crippen molar-refractivity contribution in [2.75, 3.05) is 14.2 Å². The molecule has 1 aromatic rings. The summed E-state index contributed by atoms with van der Waals surface area (Å²) >= 11 is 0. The van der Waals surface area contributed by atoms with Crippen LogP contribution in [0.15, 0.2) is 30.3 Å². The van der Waals surface area contributed by atoms with E-state index < -0.39 is 0 Å². The average molecular weight is 205 g/mol. The van der Waals surface area contributed by atoms with Crippen LogP contribution in [-0.4, -0.2) is 20.3 Å². The molecule has 2 nitrogen and oxygen atoms in total. The molecule has 0 bridgehead atoms. The second-order valence-electron chi connectivity index (χ2n) is 4.21. The van der Waals surface area contributed by atoms with Crippen molar-refractivity contribution in [1.29, 1.82) is 0 Å². The van der Waals surface area contributed by atoms with Gasteiger partial charge >= 0.3 is 0 Å². The highest BCUT2D eigenvalue weighted by Gasteiger charge is 2.36. The van der Waals surface area contributed by atoms with Gasteiger partial charge < -0.3 is 10.1 Å². The topological polar surface area (TPSA) is 21.3 Å². The molecule has 1 saturated carbocycles. The number of nitrogens with one attached hydrogen (secondary N) is 1. The van der Waals surface area contributed by atoms with Crippen LogP contribution < -0.4 is 5.32 Å². The van der Waals surface area contributed by atoms with Gasteiger partial charge in [-0.3, -0.25) is 0 Å². The Morgan fingerprint density at radius 1 is 1.27 bits per heavy atom. The van der Waals surface area contributed by atoms with Crippen LogP contribution in [0.1, 0.15) is 24.4 Å². The first-order valence-corrected chi connectivity index (χ1v) is 5.62. The van der Waals surface area contributed by atoms with E-state index in [1.54, 1.807) is 0 Å². The maximum absolute atomic E-state index is 5.62. The summed E-state index contributed by atoms with van der Waals surface area (Å²) in [6.45, 7) is 0. The van der Waals surface area contributed by atoms with E-state index in [-0.39, 0.29) is 0 Å². The lowest BCUT2D eigenvalue weighted by Crippen LogP contribution is -2.32.